The van der Waals surface area contributed by atoms with Gasteiger partial charge in [0.05, 0.1) is 0 Å². The van der Waals surface area contributed by atoms with Crippen LogP contribution in [0.4, 0.5) is 0 Å². The molecule has 0 atom stereocenters. The minimum atomic E-state index is 0.549. The molecule has 0 aliphatic heterocycles. The molecule has 0 aliphatic carbocycles. The van der Waals surface area contributed by atoms with Crippen molar-refractivity contribution in [2.75, 3.05) is 0 Å². The van der Waals surface area contributed by atoms with Crippen molar-refractivity contribution in [2.24, 2.45) is 5.16 Å². The summed E-state index contributed by atoms with van der Waals surface area (Å²) >= 11 is 0. The van der Waals surface area contributed by atoms with Crippen molar-refractivity contribution in [1.29, 1.82) is 0 Å². The second kappa shape index (κ2) is 2.30. The number of hydrogen-bond acceptors (Lipinski definition) is 3. The average Bonchev–Trinajstić information content (AvgIpc) is 2.19. The van der Waals surface area contributed by atoms with Crippen LogP contribution in [0.3, 0.4) is 0 Å². The third kappa shape index (κ3) is 0.962. The molecule has 0 amide bonds. The molecule has 8 heavy (non-hydrogen) atoms. The fourth-order valence-corrected chi connectivity index (χ4v) is 0.422. The molecule has 1 rings (SSSR count). The first-order valence-electron chi connectivity index (χ1n) is 2.14. The van der Waals surface area contributed by atoms with Gasteiger partial charge in [-0.2, -0.15) is 0 Å². The van der Waals surface area contributed by atoms with E-state index in [-0.39, 0.29) is 0 Å². The third-order valence-electron chi connectivity index (χ3n) is 0.728. The van der Waals surface area contributed by atoms with Crippen LogP contribution in [-0.4, -0.2) is 18.5 Å². The molecule has 0 aliphatic rings. The van der Waals surface area contributed by atoms with E-state index in [1.165, 1.54) is 13.3 Å². The Balaban J connectivity index is 2.77. The molecule has 0 saturated carbocycles. The standard InChI is InChI=1S/C4H4BNO2/c7-6-3-4-1-2-5-8-4/h1-3,7H/b6-3+. The quantitative estimate of drug-likeness (QED) is 0.322. The molecule has 0 saturated heterocycles. The third-order valence-corrected chi connectivity index (χ3v) is 0.728. The molecule has 0 unspecified atom stereocenters. The molecular weight excluding hydrogens is 105 g/mol. The van der Waals surface area contributed by atoms with Crippen molar-refractivity contribution in [2.45, 2.75) is 0 Å². The second-order valence-corrected chi connectivity index (χ2v) is 1.26. The zero-order valence-electron chi connectivity index (χ0n) is 4.11. The maximum absolute atomic E-state index is 7.95. The van der Waals surface area contributed by atoms with Crippen LogP contribution >= 0.6 is 0 Å². The molecule has 1 aromatic heterocycles. The molecule has 3 nitrogen and oxygen atoms in total. The molecule has 1 heterocycles. The summed E-state index contributed by atoms with van der Waals surface area (Å²) in [6.45, 7) is 0. The van der Waals surface area contributed by atoms with E-state index in [0.717, 1.165) is 0 Å². The van der Waals surface area contributed by atoms with Crippen molar-refractivity contribution < 1.29 is 9.54 Å². The molecule has 0 spiro atoms. The van der Waals surface area contributed by atoms with E-state index in [9.17, 15) is 0 Å². The molecule has 40 valence electrons. The zero-order valence-corrected chi connectivity index (χ0v) is 4.11. The van der Waals surface area contributed by atoms with Crippen LogP contribution in [0.1, 0.15) is 5.76 Å². The Hall–Kier alpha value is -1.06. The van der Waals surface area contributed by atoms with Crippen LogP contribution in [0.25, 0.3) is 0 Å². The Morgan fingerprint density at radius 3 is 3.25 bits per heavy atom. The van der Waals surface area contributed by atoms with Gasteiger partial charge in [0.15, 0.2) is 0 Å². The maximum atomic E-state index is 7.95. The van der Waals surface area contributed by atoms with E-state index in [1.807, 2.05) is 0 Å². The SMILES string of the molecule is O/N=C/c1ccbo1. The van der Waals surface area contributed by atoms with Crippen LogP contribution < -0.4 is 0 Å². The first-order valence-corrected chi connectivity index (χ1v) is 2.14. The second-order valence-electron chi connectivity index (χ2n) is 1.26. The fraction of sp³-hybridized carbons (Fsp3) is 0. The number of hydrogen-bond donors (Lipinski definition) is 1. The van der Waals surface area contributed by atoms with Crippen molar-refractivity contribution in [1.82, 2.24) is 0 Å². The molecule has 0 aromatic carbocycles. The average molecular weight is 109 g/mol. The van der Waals surface area contributed by atoms with Crippen LogP contribution in [0.5, 0.6) is 0 Å². The van der Waals surface area contributed by atoms with Gasteiger partial charge in [-0.25, -0.2) is 0 Å². The summed E-state index contributed by atoms with van der Waals surface area (Å²) in [6.07, 6.45) is 1.22. The first kappa shape index (κ1) is 5.09. The van der Waals surface area contributed by atoms with Gasteiger partial charge in [0, 0.05) is 0 Å². The topological polar surface area (TPSA) is 45.7 Å². The van der Waals surface area contributed by atoms with Gasteiger partial charge >= 0.3 is 45.8 Å². The van der Waals surface area contributed by atoms with Gasteiger partial charge in [-0.05, 0) is 0 Å². The van der Waals surface area contributed by atoms with E-state index in [2.05, 4.69) is 5.16 Å². The van der Waals surface area contributed by atoms with E-state index in [4.69, 9.17) is 9.54 Å². The van der Waals surface area contributed by atoms with Crippen LogP contribution in [0, 0.1) is 0 Å². The van der Waals surface area contributed by atoms with Gasteiger partial charge < -0.3 is 0 Å². The van der Waals surface area contributed by atoms with E-state index in [0.29, 0.717) is 5.76 Å². The van der Waals surface area contributed by atoms with Gasteiger partial charge in [0.1, 0.15) is 0 Å². The Morgan fingerprint density at radius 1 is 1.88 bits per heavy atom. The van der Waals surface area contributed by atoms with E-state index < -0.39 is 0 Å². The summed E-state index contributed by atoms with van der Waals surface area (Å²) in [6, 6.07) is 1.69. The molecule has 0 bridgehead atoms. The summed E-state index contributed by atoms with van der Waals surface area (Å²) in [5, 5.41) is 10.7. The summed E-state index contributed by atoms with van der Waals surface area (Å²) in [4.78, 5) is 0. The van der Waals surface area contributed by atoms with Crippen LogP contribution in [-0.2, 0) is 0 Å². The molecule has 0 radical (unpaired) electrons. The van der Waals surface area contributed by atoms with Crippen molar-refractivity contribution in [3.8, 4) is 0 Å². The van der Waals surface area contributed by atoms with Gasteiger partial charge in [-0.1, -0.05) is 0 Å². The normalized spacial score (nSPS) is 10.0. The molecule has 0 fully saturated rings. The molecule has 1 aromatic rings. The van der Waals surface area contributed by atoms with Gasteiger partial charge in [0.2, 0.25) is 0 Å². The number of rotatable bonds is 1. The first-order chi connectivity index (χ1) is 3.93. The molecular formula is C4H4BNO2. The number of nitrogens with zero attached hydrogens (tertiary/aromatic N) is 1. The van der Waals surface area contributed by atoms with E-state index in [1.54, 1.807) is 12.0 Å². The Labute approximate surface area is 46.9 Å². The summed E-state index contributed by atoms with van der Waals surface area (Å²) in [5.74, 6) is 2.27. The Morgan fingerprint density at radius 2 is 2.75 bits per heavy atom. The Bertz CT molecular complexity index is 170. The summed E-state index contributed by atoms with van der Waals surface area (Å²) in [5.41, 5.74) is 0. The summed E-state index contributed by atoms with van der Waals surface area (Å²) in [7, 11) is 1.51. The predicted molar refractivity (Wildman–Crippen MR) is 29.4 cm³/mol. The number of oxime groups is 1. The minimum absolute atomic E-state index is 0.549. The summed E-state index contributed by atoms with van der Waals surface area (Å²) < 4.78 is 4.76. The van der Waals surface area contributed by atoms with Crippen LogP contribution in [0.15, 0.2) is 21.5 Å². The van der Waals surface area contributed by atoms with Crippen molar-refractivity contribution in [3.63, 3.8) is 0 Å². The molecule has 1 N–H and O–H groups in total. The monoisotopic (exact) mass is 109 g/mol. The Kier molecular flexibility index (Phi) is 1.46. The fourth-order valence-electron chi connectivity index (χ4n) is 0.422. The van der Waals surface area contributed by atoms with Gasteiger partial charge in [-0.3, -0.25) is 0 Å². The molecule has 4 heteroatoms. The van der Waals surface area contributed by atoms with E-state index >= 15 is 0 Å². The van der Waals surface area contributed by atoms with Crippen LogP contribution in [0.2, 0.25) is 0 Å². The van der Waals surface area contributed by atoms with Crippen molar-refractivity contribution in [3.05, 3.63) is 17.8 Å². The van der Waals surface area contributed by atoms with Gasteiger partial charge in [0.25, 0.3) is 0 Å². The zero-order chi connectivity index (χ0) is 5.82. The van der Waals surface area contributed by atoms with Gasteiger partial charge in [-0.15, -0.1) is 0 Å². The predicted octanol–water partition coefficient (Wildman–Crippen LogP) is 0.426. The van der Waals surface area contributed by atoms with Crippen molar-refractivity contribution >= 4 is 13.3 Å².